The lowest BCUT2D eigenvalue weighted by molar-refractivity contribution is -0.0504. The van der Waals surface area contributed by atoms with Gasteiger partial charge in [0.25, 0.3) is 0 Å². The highest BCUT2D eigenvalue weighted by Gasteiger charge is 2.15. The van der Waals surface area contributed by atoms with Crippen molar-refractivity contribution in [2.45, 2.75) is 38.5 Å². The average molecular weight is 485 g/mol. The molecule has 2 N–H and O–H groups in total. The van der Waals surface area contributed by atoms with Crippen molar-refractivity contribution >= 4 is 29.9 Å². The Kier molecular flexibility index (Phi) is 10.6. The predicted molar refractivity (Wildman–Crippen MR) is 107 cm³/mol. The molecular formula is C17H26F2IN3O3. The van der Waals surface area contributed by atoms with Gasteiger partial charge in [-0.05, 0) is 37.5 Å². The Balaban J connectivity index is 0.00000338. The third-order valence-corrected chi connectivity index (χ3v) is 3.94. The number of hydrogen-bond donors (Lipinski definition) is 2. The molecule has 6 nitrogen and oxygen atoms in total. The van der Waals surface area contributed by atoms with Gasteiger partial charge < -0.3 is 24.8 Å². The zero-order valence-electron chi connectivity index (χ0n) is 15.0. The summed E-state index contributed by atoms with van der Waals surface area (Å²) < 4.78 is 40.3. The summed E-state index contributed by atoms with van der Waals surface area (Å²) >= 11 is 0. The van der Waals surface area contributed by atoms with Crippen LogP contribution in [0.2, 0.25) is 0 Å². The van der Waals surface area contributed by atoms with Gasteiger partial charge in [0.05, 0.1) is 13.2 Å². The minimum absolute atomic E-state index is 0. The predicted octanol–water partition coefficient (Wildman–Crippen LogP) is 3.15. The molecule has 1 fully saturated rings. The van der Waals surface area contributed by atoms with Crippen molar-refractivity contribution in [1.29, 1.82) is 0 Å². The fraction of sp³-hybridized carbons (Fsp3) is 0.588. The monoisotopic (exact) mass is 485 g/mol. The number of rotatable bonds is 8. The third kappa shape index (κ3) is 7.48. The van der Waals surface area contributed by atoms with Crippen LogP contribution in [0.3, 0.4) is 0 Å². The standard InChI is InChI=1S/C17H25F2N3O3.HI/c1-20-17(21-8-7-13-4-3-9-24-13)22-11-12-10-14(23-2)5-6-15(12)25-16(18)19;/h5-6,10,13,16H,3-4,7-9,11H2,1-2H3,(H2,20,21,22);1H. The lowest BCUT2D eigenvalue weighted by Gasteiger charge is -2.16. The highest BCUT2D eigenvalue weighted by Crippen LogP contribution is 2.25. The third-order valence-electron chi connectivity index (χ3n) is 3.94. The Labute approximate surface area is 169 Å². The van der Waals surface area contributed by atoms with E-state index in [2.05, 4.69) is 20.4 Å². The van der Waals surface area contributed by atoms with Crippen molar-refractivity contribution in [1.82, 2.24) is 10.6 Å². The smallest absolute Gasteiger partial charge is 0.387 e. The number of nitrogens with one attached hydrogen (secondary N) is 2. The molecule has 0 amide bonds. The molecule has 0 radical (unpaired) electrons. The number of alkyl halides is 2. The second-order valence-corrected chi connectivity index (χ2v) is 5.63. The minimum Gasteiger partial charge on any atom is -0.497 e. The largest absolute Gasteiger partial charge is 0.497 e. The van der Waals surface area contributed by atoms with Gasteiger partial charge in [0, 0.05) is 32.3 Å². The van der Waals surface area contributed by atoms with Crippen LogP contribution in [0.25, 0.3) is 0 Å². The number of methoxy groups -OCH3 is 1. The summed E-state index contributed by atoms with van der Waals surface area (Å²) in [6.45, 7) is -1.04. The fourth-order valence-corrected chi connectivity index (χ4v) is 2.66. The number of benzene rings is 1. The first kappa shape index (κ1) is 22.7. The second-order valence-electron chi connectivity index (χ2n) is 5.63. The number of halogens is 3. The van der Waals surface area contributed by atoms with E-state index in [0.29, 0.717) is 23.4 Å². The maximum Gasteiger partial charge on any atom is 0.387 e. The van der Waals surface area contributed by atoms with Crippen LogP contribution in [0.15, 0.2) is 23.2 Å². The van der Waals surface area contributed by atoms with Crippen molar-refractivity contribution in [3.05, 3.63) is 23.8 Å². The highest BCUT2D eigenvalue weighted by molar-refractivity contribution is 14.0. The lowest BCUT2D eigenvalue weighted by Crippen LogP contribution is -2.38. The molecule has 1 aliphatic heterocycles. The maximum absolute atomic E-state index is 12.5. The van der Waals surface area contributed by atoms with Gasteiger partial charge in [-0.1, -0.05) is 0 Å². The zero-order chi connectivity index (χ0) is 18.1. The summed E-state index contributed by atoms with van der Waals surface area (Å²) in [7, 11) is 3.18. The molecule has 1 saturated heterocycles. The van der Waals surface area contributed by atoms with Crippen LogP contribution in [-0.2, 0) is 11.3 Å². The molecule has 1 atom stereocenters. The molecule has 1 aromatic carbocycles. The van der Waals surface area contributed by atoms with E-state index in [1.807, 2.05) is 0 Å². The second kappa shape index (κ2) is 12.1. The number of nitrogens with zero attached hydrogens (tertiary/aromatic N) is 1. The molecule has 1 aliphatic rings. The summed E-state index contributed by atoms with van der Waals surface area (Å²) in [4.78, 5) is 4.13. The molecule has 0 bridgehead atoms. The van der Waals surface area contributed by atoms with Gasteiger partial charge in [-0.15, -0.1) is 24.0 Å². The van der Waals surface area contributed by atoms with Gasteiger partial charge in [0.1, 0.15) is 11.5 Å². The van der Waals surface area contributed by atoms with Gasteiger partial charge in [0.15, 0.2) is 5.96 Å². The van der Waals surface area contributed by atoms with Gasteiger partial charge in [-0.2, -0.15) is 8.78 Å². The molecular weight excluding hydrogens is 459 g/mol. The average Bonchev–Trinajstić information content (AvgIpc) is 3.12. The first-order valence-corrected chi connectivity index (χ1v) is 8.30. The van der Waals surface area contributed by atoms with Crippen LogP contribution in [0.4, 0.5) is 8.78 Å². The number of aliphatic imine (C=N–C) groups is 1. The van der Waals surface area contributed by atoms with E-state index in [0.717, 1.165) is 32.4 Å². The van der Waals surface area contributed by atoms with Crippen molar-refractivity contribution in [3.8, 4) is 11.5 Å². The van der Waals surface area contributed by atoms with E-state index >= 15 is 0 Å². The molecule has 26 heavy (non-hydrogen) atoms. The van der Waals surface area contributed by atoms with Crippen LogP contribution < -0.4 is 20.1 Å². The lowest BCUT2D eigenvalue weighted by atomic mass is 10.2. The van der Waals surface area contributed by atoms with Crippen molar-refractivity contribution in [2.75, 3.05) is 27.3 Å². The van der Waals surface area contributed by atoms with Crippen LogP contribution in [0.5, 0.6) is 11.5 Å². The van der Waals surface area contributed by atoms with Crippen LogP contribution in [0, 0.1) is 0 Å². The normalized spacial score (nSPS) is 17.0. The summed E-state index contributed by atoms with van der Waals surface area (Å²) in [5.41, 5.74) is 0.557. The number of hydrogen-bond acceptors (Lipinski definition) is 4. The van der Waals surface area contributed by atoms with E-state index < -0.39 is 6.61 Å². The van der Waals surface area contributed by atoms with Crippen LogP contribution in [-0.4, -0.2) is 46.0 Å². The van der Waals surface area contributed by atoms with Crippen molar-refractivity contribution in [2.24, 2.45) is 4.99 Å². The number of guanidine groups is 1. The highest BCUT2D eigenvalue weighted by atomic mass is 127. The van der Waals surface area contributed by atoms with Gasteiger partial charge in [-0.3, -0.25) is 4.99 Å². The SMILES string of the molecule is CN=C(NCCC1CCCO1)NCc1cc(OC)ccc1OC(F)F.I. The van der Waals surface area contributed by atoms with Gasteiger partial charge in [0.2, 0.25) is 0 Å². The molecule has 0 aliphatic carbocycles. The van der Waals surface area contributed by atoms with E-state index in [9.17, 15) is 8.78 Å². The van der Waals surface area contributed by atoms with E-state index in [-0.39, 0.29) is 36.3 Å². The molecule has 1 heterocycles. The Morgan fingerprint density at radius 3 is 2.81 bits per heavy atom. The summed E-state index contributed by atoms with van der Waals surface area (Å²) in [5, 5.41) is 6.29. The van der Waals surface area contributed by atoms with E-state index in [4.69, 9.17) is 9.47 Å². The fourth-order valence-electron chi connectivity index (χ4n) is 2.66. The Bertz CT molecular complexity index is 570. The number of ether oxygens (including phenoxy) is 3. The molecule has 2 rings (SSSR count). The molecule has 0 spiro atoms. The van der Waals surface area contributed by atoms with Gasteiger partial charge >= 0.3 is 6.61 Å². The molecule has 1 aromatic rings. The summed E-state index contributed by atoms with van der Waals surface area (Å²) in [6.07, 6.45) is 3.40. The quantitative estimate of drug-likeness (QED) is 0.337. The minimum atomic E-state index is -2.88. The van der Waals surface area contributed by atoms with Crippen LogP contribution >= 0.6 is 24.0 Å². The van der Waals surface area contributed by atoms with Crippen LogP contribution in [0.1, 0.15) is 24.8 Å². The van der Waals surface area contributed by atoms with E-state index in [1.165, 1.54) is 13.2 Å². The topological polar surface area (TPSA) is 64.1 Å². The Morgan fingerprint density at radius 1 is 1.38 bits per heavy atom. The van der Waals surface area contributed by atoms with Gasteiger partial charge in [-0.25, -0.2) is 0 Å². The molecule has 9 heteroatoms. The van der Waals surface area contributed by atoms with Crippen molar-refractivity contribution in [3.63, 3.8) is 0 Å². The molecule has 1 unspecified atom stereocenters. The first-order chi connectivity index (χ1) is 12.1. The molecule has 0 aromatic heterocycles. The van der Waals surface area contributed by atoms with Crippen molar-refractivity contribution < 1.29 is 23.0 Å². The Hall–Kier alpha value is -1.36. The Morgan fingerprint density at radius 2 is 2.19 bits per heavy atom. The molecule has 0 saturated carbocycles. The first-order valence-electron chi connectivity index (χ1n) is 8.30. The zero-order valence-corrected chi connectivity index (χ0v) is 17.3. The molecule has 148 valence electrons. The summed E-state index contributed by atoms with van der Waals surface area (Å²) in [5.74, 6) is 1.27. The van der Waals surface area contributed by atoms with E-state index in [1.54, 1.807) is 19.2 Å². The summed E-state index contributed by atoms with van der Waals surface area (Å²) in [6, 6.07) is 4.70. The maximum atomic E-state index is 12.5.